The lowest BCUT2D eigenvalue weighted by molar-refractivity contribution is -0.00545. The Labute approximate surface area is 238 Å². The predicted molar refractivity (Wildman–Crippen MR) is 152 cm³/mol. The predicted octanol–water partition coefficient (Wildman–Crippen LogP) is 6.95. The molecule has 1 amide bonds. The Morgan fingerprint density at radius 1 is 1.15 bits per heavy atom. The van der Waals surface area contributed by atoms with E-state index in [1.54, 1.807) is 30.5 Å². The van der Waals surface area contributed by atoms with Crippen molar-refractivity contribution in [2.75, 3.05) is 18.0 Å². The van der Waals surface area contributed by atoms with E-state index in [9.17, 15) is 13.6 Å². The molecule has 6 nitrogen and oxygen atoms in total. The maximum atomic E-state index is 15.8. The minimum atomic E-state index is -2.64. The molecule has 1 N–H and O–H groups in total. The number of carbonyl (C=O) groups excluding carboxylic acids is 1. The molecule has 1 aliphatic rings. The van der Waals surface area contributed by atoms with Crippen molar-refractivity contribution in [3.63, 3.8) is 0 Å². The first-order valence-electron chi connectivity index (χ1n) is 12.6. The van der Waals surface area contributed by atoms with Crippen LogP contribution >= 0.6 is 23.4 Å². The first-order chi connectivity index (χ1) is 19.2. The van der Waals surface area contributed by atoms with E-state index in [-0.39, 0.29) is 34.2 Å². The smallest absolute Gasteiger partial charge is 0.288 e. The average molecular weight is 587 g/mol. The summed E-state index contributed by atoms with van der Waals surface area (Å²) in [5.41, 5.74) is 1.43. The van der Waals surface area contributed by atoms with E-state index in [1.807, 2.05) is 26.0 Å². The van der Waals surface area contributed by atoms with Crippen molar-refractivity contribution < 1.29 is 22.7 Å². The highest BCUT2D eigenvalue weighted by molar-refractivity contribution is 7.99. The van der Waals surface area contributed by atoms with Crippen LogP contribution in [0.5, 0.6) is 0 Å². The number of rotatable bonds is 7. The molecule has 40 heavy (non-hydrogen) atoms. The first-order valence-corrected chi connectivity index (χ1v) is 13.9. The third kappa shape index (κ3) is 6.51. The van der Waals surface area contributed by atoms with Crippen molar-refractivity contribution >= 4 is 45.9 Å². The van der Waals surface area contributed by atoms with Gasteiger partial charge in [-0.1, -0.05) is 35.5 Å². The number of nitrogens with zero attached hydrogens (tertiary/aromatic N) is 3. The van der Waals surface area contributed by atoms with Gasteiger partial charge in [-0.2, -0.15) is 8.78 Å². The maximum Gasteiger partial charge on any atom is 0.288 e. The van der Waals surface area contributed by atoms with Crippen molar-refractivity contribution in [1.29, 1.82) is 0 Å². The summed E-state index contributed by atoms with van der Waals surface area (Å²) in [6, 6.07) is 14.7. The van der Waals surface area contributed by atoms with E-state index >= 15 is 4.39 Å². The summed E-state index contributed by atoms with van der Waals surface area (Å²) < 4.78 is 47.2. The zero-order chi connectivity index (χ0) is 28.4. The van der Waals surface area contributed by atoms with Crippen LogP contribution in [0.15, 0.2) is 65.7 Å². The van der Waals surface area contributed by atoms with Crippen molar-refractivity contribution in [2.24, 2.45) is 0 Å². The van der Waals surface area contributed by atoms with E-state index in [1.165, 1.54) is 18.2 Å². The highest BCUT2D eigenvalue weighted by atomic mass is 35.5. The van der Waals surface area contributed by atoms with Gasteiger partial charge in [0.25, 0.3) is 11.7 Å². The second-order valence-corrected chi connectivity index (χ2v) is 11.1. The van der Waals surface area contributed by atoms with Gasteiger partial charge in [0.1, 0.15) is 11.6 Å². The van der Waals surface area contributed by atoms with Crippen LogP contribution in [0.25, 0.3) is 22.0 Å². The lowest BCUT2D eigenvalue weighted by Gasteiger charge is -2.36. The normalized spacial score (nSPS) is 17.4. The Morgan fingerprint density at radius 2 is 1.93 bits per heavy atom. The fourth-order valence-electron chi connectivity index (χ4n) is 4.77. The van der Waals surface area contributed by atoms with Gasteiger partial charge in [0, 0.05) is 51.1 Å². The zero-order valence-corrected chi connectivity index (χ0v) is 23.3. The summed E-state index contributed by atoms with van der Waals surface area (Å²) in [4.78, 5) is 24.1. The Bertz CT molecular complexity index is 1550. The number of ether oxygens (including phenoxy) is 1. The number of halogens is 4. The van der Waals surface area contributed by atoms with Crippen molar-refractivity contribution in [1.82, 2.24) is 15.3 Å². The fourth-order valence-corrected chi connectivity index (χ4v) is 5.67. The Hall–Kier alpha value is -3.34. The molecule has 3 heterocycles. The number of thioether (sulfide) groups is 1. The van der Waals surface area contributed by atoms with Gasteiger partial charge in [-0.3, -0.25) is 9.78 Å². The van der Waals surface area contributed by atoms with Gasteiger partial charge < -0.3 is 15.0 Å². The van der Waals surface area contributed by atoms with E-state index in [2.05, 4.69) is 15.2 Å². The summed E-state index contributed by atoms with van der Waals surface area (Å²) in [6.45, 7) is 5.43. The van der Waals surface area contributed by atoms with Crippen LogP contribution in [-0.4, -0.2) is 46.9 Å². The maximum absolute atomic E-state index is 15.8. The van der Waals surface area contributed by atoms with Crippen LogP contribution in [-0.2, 0) is 11.3 Å². The lowest BCUT2D eigenvalue weighted by atomic mass is 10.0. The molecule has 5 rings (SSSR count). The number of carbonyl (C=O) groups is 1. The Balaban J connectivity index is 1.36. The van der Waals surface area contributed by atoms with Gasteiger partial charge in [-0.05, 0) is 56.3 Å². The van der Waals surface area contributed by atoms with E-state index in [0.717, 1.165) is 5.82 Å². The van der Waals surface area contributed by atoms with Crippen molar-refractivity contribution in [3.05, 3.63) is 82.9 Å². The minimum absolute atomic E-state index is 0.00339. The molecular formula is C29H26ClF3N4O2S. The molecule has 0 aliphatic carbocycles. The van der Waals surface area contributed by atoms with E-state index in [4.69, 9.17) is 21.3 Å². The van der Waals surface area contributed by atoms with Gasteiger partial charge in [-0.15, -0.1) is 0 Å². The number of alkyl halides is 2. The summed E-state index contributed by atoms with van der Waals surface area (Å²) in [7, 11) is 0. The van der Waals surface area contributed by atoms with Gasteiger partial charge in [0.15, 0.2) is 0 Å². The summed E-state index contributed by atoms with van der Waals surface area (Å²) in [5, 5.41) is 3.81. The molecule has 1 fully saturated rings. The number of aromatic nitrogens is 2. The van der Waals surface area contributed by atoms with Crippen LogP contribution in [0, 0.1) is 5.82 Å². The molecule has 4 aromatic rings. The summed E-state index contributed by atoms with van der Waals surface area (Å²) in [6.07, 6.45) is 1.67. The zero-order valence-electron chi connectivity index (χ0n) is 21.7. The highest BCUT2D eigenvalue weighted by Gasteiger charge is 2.24. The number of hydrogen-bond donors (Lipinski definition) is 1. The Morgan fingerprint density at radius 3 is 2.67 bits per heavy atom. The van der Waals surface area contributed by atoms with Gasteiger partial charge >= 0.3 is 0 Å². The van der Waals surface area contributed by atoms with Crippen LogP contribution in [0.3, 0.4) is 0 Å². The molecule has 2 atom stereocenters. The second kappa shape index (κ2) is 12.0. The van der Waals surface area contributed by atoms with E-state index in [0.29, 0.717) is 52.6 Å². The minimum Gasteiger partial charge on any atom is -0.372 e. The number of pyridine rings is 2. The summed E-state index contributed by atoms with van der Waals surface area (Å²) in [5.74, 6) is -2.83. The van der Waals surface area contributed by atoms with Gasteiger partial charge in [0.05, 0.1) is 30.1 Å². The standard InChI is InChI=1S/C29H26ClF3N4O2S/c1-16-14-37(15-17(2)39-16)26-5-3-4-25(36-26)23-7-6-18-12-34-21(11-24(18)27(23)31)13-35-28(38)19-8-20(30)10-22(9-19)40-29(32)33/h3-12,16-17,29H,13-15H2,1-2H3,(H,35,38). The fraction of sp³-hybridized carbons (Fsp3) is 0.276. The molecule has 2 aromatic carbocycles. The molecule has 2 unspecified atom stereocenters. The molecular weight excluding hydrogens is 561 g/mol. The largest absolute Gasteiger partial charge is 0.372 e. The second-order valence-electron chi connectivity index (χ2n) is 9.60. The molecule has 0 spiro atoms. The Kier molecular flexibility index (Phi) is 8.48. The topological polar surface area (TPSA) is 67.4 Å². The third-order valence-electron chi connectivity index (χ3n) is 6.44. The van der Waals surface area contributed by atoms with Crippen LogP contribution in [0.2, 0.25) is 5.02 Å². The highest BCUT2D eigenvalue weighted by Crippen LogP contribution is 2.31. The summed E-state index contributed by atoms with van der Waals surface area (Å²) >= 11 is 6.31. The molecule has 208 valence electrons. The average Bonchev–Trinajstić information content (AvgIpc) is 2.91. The van der Waals surface area contributed by atoms with E-state index < -0.39 is 17.5 Å². The number of morpholine rings is 1. The van der Waals surface area contributed by atoms with Crippen LogP contribution in [0.1, 0.15) is 29.9 Å². The first kappa shape index (κ1) is 28.2. The third-order valence-corrected chi connectivity index (χ3v) is 7.34. The molecule has 1 saturated heterocycles. The quantitative estimate of drug-likeness (QED) is 0.236. The lowest BCUT2D eigenvalue weighted by Crippen LogP contribution is -2.45. The van der Waals surface area contributed by atoms with Crippen LogP contribution in [0.4, 0.5) is 19.0 Å². The molecule has 0 bridgehead atoms. The SMILES string of the molecule is CC1CN(c2cccc(-c3ccc4cnc(CNC(=O)c5cc(Cl)cc(SC(F)F)c5)cc4c3F)n2)CC(C)O1. The molecule has 11 heteroatoms. The molecule has 1 aliphatic heterocycles. The van der Waals surface area contributed by atoms with Crippen molar-refractivity contribution in [2.45, 2.75) is 43.3 Å². The monoisotopic (exact) mass is 586 g/mol. The van der Waals surface area contributed by atoms with Crippen LogP contribution < -0.4 is 10.2 Å². The van der Waals surface area contributed by atoms with Gasteiger partial charge in [-0.25, -0.2) is 9.37 Å². The van der Waals surface area contributed by atoms with Gasteiger partial charge in [0.2, 0.25) is 0 Å². The number of nitrogens with one attached hydrogen (secondary N) is 1. The number of fused-ring (bicyclic) bond motifs is 1. The number of amides is 1. The molecule has 2 aromatic heterocycles. The molecule has 0 saturated carbocycles. The number of hydrogen-bond acceptors (Lipinski definition) is 6. The van der Waals surface area contributed by atoms with Crippen molar-refractivity contribution in [3.8, 4) is 11.3 Å². The number of benzene rings is 2. The molecule has 0 radical (unpaired) electrons. The number of anilines is 1.